The van der Waals surface area contributed by atoms with Crippen molar-refractivity contribution in [2.45, 2.75) is 64.3 Å². The van der Waals surface area contributed by atoms with Crippen LogP contribution >= 0.6 is 0 Å². The average Bonchev–Trinajstić information content (AvgIpc) is 2.75. The molecule has 90 valence electrons. The van der Waals surface area contributed by atoms with Gasteiger partial charge in [0.1, 0.15) is 0 Å². The summed E-state index contributed by atoms with van der Waals surface area (Å²) < 4.78 is 11.0. The summed E-state index contributed by atoms with van der Waals surface area (Å²) >= 11 is 0. The Labute approximate surface area is 92.8 Å². The van der Waals surface area contributed by atoms with Crippen molar-refractivity contribution in [2.75, 3.05) is 13.2 Å². The van der Waals surface area contributed by atoms with Gasteiger partial charge in [0, 0.05) is 13.2 Å². The first-order valence-electron chi connectivity index (χ1n) is 6.19. The Kier molecular flexibility index (Phi) is 6.22. The van der Waals surface area contributed by atoms with Crippen LogP contribution in [0.2, 0.25) is 0 Å². The van der Waals surface area contributed by atoms with E-state index in [1.807, 2.05) is 6.92 Å². The Morgan fingerprint density at radius 2 is 2.27 bits per heavy atom. The Morgan fingerprint density at radius 1 is 1.47 bits per heavy atom. The summed E-state index contributed by atoms with van der Waals surface area (Å²) in [5.74, 6) is 0. The van der Waals surface area contributed by atoms with Gasteiger partial charge in [-0.1, -0.05) is 6.92 Å². The molecule has 0 amide bonds. The summed E-state index contributed by atoms with van der Waals surface area (Å²) in [5.41, 5.74) is 0. The summed E-state index contributed by atoms with van der Waals surface area (Å²) in [6.07, 6.45) is 4.99. The molecule has 1 aliphatic heterocycles. The maximum absolute atomic E-state index is 9.92. The third-order valence-electron chi connectivity index (χ3n) is 3.02. The maximum Gasteiger partial charge on any atom is 0.0831 e. The highest BCUT2D eigenvalue weighted by molar-refractivity contribution is 4.72. The third kappa shape index (κ3) is 4.49. The van der Waals surface area contributed by atoms with E-state index in [2.05, 4.69) is 6.92 Å². The topological polar surface area (TPSA) is 38.7 Å². The molecule has 1 rings (SSSR count). The zero-order valence-corrected chi connectivity index (χ0v) is 9.95. The third-order valence-corrected chi connectivity index (χ3v) is 3.02. The standard InChI is InChI=1S/C12H24O3/c1-3-12(14-4-2)11(13)8-7-10-6-5-9-15-10/h10-13H,3-9H2,1-2H3. The van der Waals surface area contributed by atoms with Crippen molar-refractivity contribution in [1.82, 2.24) is 0 Å². The monoisotopic (exact) mass is 216 g/mol. The van der Waals surface area contributed by atoms with E-state index in [0.717, 1.165) is 32.3 Å². The number of rotatable bonds is 7. The van der Waals surface area contributed by atoms with E-state index in [1.165, 1.54) is 6.42 Å². The van der Waals surface area contributed by atoms with E-state index in [1.54, 1.807) is 0 Å². The summed E-state index contributed by atoms with van der Waals surface area (Å²) in [6, 6.07) is 0. The maximum atomic E-state index is 9.92. The molecule has 0 bridgehead atoms. The number of aliphatic hydroxyl groups is 1. The van der Waals surface area contributed by atoms with Crippen LogP contribution in [-0.2, 0) is 9.47 Å². The van der Waals surface area contributed by atoms with Gasteiger partial charge in [0.05, 0.1) is 18.3 Å². The first-order valence-corrected chi connectivity index (χ1v) is 6.19. The highest BCUT2D eigenvalue weighted by Crippen LogP contribution is 2.19. The summed E-state index contributed by atoms with van der Waals surface area (Å²) in [7, 11) is 0. The van der Waals surface area contributed by atoms with E-state index in [9.17, 15) is 5.11 Å². The number of aliphatic hydroxyl groups excluding tert-OH is 1. The Balaban J connectivity index is 2.17. The molecule has 3 atom stereocenters. The second-order valence-corrected chi connectivity index (χ2v) is 4.18. The van der Waals surface area contributed by atoms with Crippen LogP contribution in [0.3, 0.4) is 0 Å². The molecule has 3 heteroatoms. The van der Waals surface area contributed by atoms with Gasteiger partial charge in [-0.15, -0.1) is 0 Å². The van der Waals surface area contributed by atoms with Crippen LogP contribution in [-0.4, -0.2) is 36.6 Å². The van der Waals surface area contributed by atoms with Crippen LogP contribution in [0.5, 0.6) is 0 Å². The summed E-state index contributed by atoms with van der Waals surface area (Å²) in [4.78, 5) is 0. The minimum absolute atomic E-state index is 0.00333. The van der Waals surface area contributed by atoms with Crippen molar-refractivity contribution in [3.63, 3.8) is 0 Å². The lowest BCUT2D eigenvalue weighted by atomic mass is 10.0. The molecule has 0 saturated carbocycles. The Hall–Kier alpha value is -0.120. The molecule has 0 aliphatic carbocycles. The van der Waals surface area contributed by atoms with Crippen molar-refractivity contribution >= 4 is 0 Å². The predicted octanol–water partition coefficient (Wildman–Crippen LogP) is 2.12. The van der Waals surface area contributed by atoms with Crippen LogP contribution in [0, 0.1) is 0 Å². The molecule has 0 aromatic heterocycles. The summed E-state index contributed by atoms with van der Waals surface area (Å²) in [5, 5.41) is 9.92. The minimum atomic E-state index is -0.334. The lowest BCUT2D eigenvalue weighted by molar-refractivity contribution is -0.0426. The van der Waals surface area contributed by atoms with Crippen LogP contribution in [0.4, 0.5) is 0 Å². The minimum Gasteiger partial charge on any atom is -0.390 e. The quantitative estimate of drug-likeness (QED) is 0.708. The number of hydrogen-bond donors (Lipinski definition) is 1. The molecule has 1 heterocycles. The molecular formula is C12H24O3. The van der Waals surface area contributed by atoms with Crippen LogP contribution in [0.25, 0.3) is 0 Å². The zero-order valence-electron chi connectivity index (χ0n) is 9.95. The highest BCUT2D eigenvalue weighted by atomic mass is 16.5. The van der Waals surface area contributed by atoms with Gasteiger partial charge in [-0.2, -0.15) is 0 Å². The van der Waals surface area contributed by atoms with Gasteiger partial charge in [0.15, 0.2) is 0 Å². The normalized spacial score (nSPS) is 25.4. The molecule has 1 N–H and O–H groups in total. The van der Waals surface area contributed by atoms with Gasteiger partial charge in [-0.3, -0.25) is 0 Å². The van der Waals surface area contributed by atoms with Crippen molar-refractivity contribution < 1.29 is 14.6 Å². The fourth-order valence-electron chi connectivity index (χ4n) is 2.13. The molecule has 1 saturated heterocycles. The molecule has 3 nitrogen and oxygen atoms in total. The smallest absolute Gasteiger partial charge is 0.0831 e. The molecular weight excluding hydrogens is 192 g/mol. The molecule has 0 aromatic rings. The second kappa shape index (κ2) is 7.20. The van der Waals surface area contributed by atoms with Gasteiger partial charge < -0.3 is 14.6 Å². The summed E-state index contributed by atoms with van der Waals surface area (Å²) in [6.45, 7) is 5.59. The van der Waals surface area contributed by atoms with Gasteiger partial charge in [0.2, 0.25) is 0 Å². The van der Waals surface area contributed by atoms with E-state index in [-0.39, 0.29) is 12.2 Å². The van der Waals surface area contributed by atoms with Gasteiger partial charge in [0.25, 0.3) is 0 Å². The molecule has 1 fully saturated rings. The van der Waals surface area contributed by atoms with Crippen molar-refractivity contribution in [3.8, 4) is 0 Å². The fourth-order valence-corrected chi connectivity index (χ4v) is 2.13. The average molecular weight is 216 g/mol. The van der Waals surface area contributed by atoms with E-state index >= 15 is 0 Å². The number of ether oxygens (including phenoxy) is 2. The lowest BCUT2D eigenvalue weighted by Gasteiger charge is -2.22. The molecule has 3 unspecified atom stereocenters. The van der Waals surface area contributed by atoms with Gasteiger partial charge in [-0.25, -0.2) is 0 Å². The Morgan fingerprint density at radius 3 is 2.80 bits per heavy atom. The second-order valence-electron chi connectivity index (χ2n) is 4.18. The lowest BCUT2D eigenvalue weighted by Crippen LogP contribution is -2.29. The molecule has 15 heavy (non-hydrogen) atoms. The predicted molar refractivity (Wildman–Crippen MR) is 59.9 cm³/mol. The van der Waals surface area contributed by atoms with Crippen molar-refractivity contribution in [2.24, 2.45) is 0 Å². The van der Waals surface area contributed by atoms with Crippen molar-refractivity contribution in [3.05, 3.63) is 0 Å². The molecule has 1 aliphatic rings. The SMILES string of the molecule is CCOC(CC)C(O)CCC1CCCO1. The Bertz CT molecular complexity index is 155. The van der Waals surface area contributed by atoms with Gasteiger partial charge in [-0.05, 0) is 39.0 Å². The van der Waals surface area contributed by atoms with E-state index in [0.29, 0.717) is 12.7 Å². The fraction of sp³-hybridized carbons (Fsp3) is 1.00. The molecule has 0 spiro atoms. The van der Waals surface area contributed by atoms with E-state index < -0.39 is 0 Å². The van der Waals surface area contributed by atoms with Crippen LogP contribution < -0.4 is 0 Å². The van der Waals surface area contributed by atoms with Crippen LogP contribution in [0.1, 0.15) is 46.0 Å². The highest BCUT2D eigenvalue weighted by Gasteiger charge is 2.21. The van der Waals surface area contributed by atoms with Crippen LogP contribution in [0.15, 0.2) is 0 Å². The van der Waals surface area contributed by atoms with Gasteiger partial charge >= 0.3 is 0 Å². The van der Waals surface area contributed by atoms with Crippen molar-refractivity contribution in [1.29, 1.82) is 0 Å². The first kappa shape index (κ1) is 12.9. The molecule has 0 aromatic carbocycles. The number of hydrogen-bond acceptors (Lipinski definition) is 3. The largest absolute Gasteiger partial charge is 0.390 e. The molecule has 0 radical (unpaired) electrons. The zero-order chi connectivity index (χ0) is 11.1. The van der Waals surface area contributed by atoms with E-state index in [4.69, 9.17) is 9.47 Å². The first-order chi connectivity index (χ1) is 7.27.